The summed E-state index contributed by atoms with van der Waals surface area (Å²) in [7, 11) is 2.10. The molecule has 100 valence electrons. The van der Waals surface area contributed by atoms with E-state index in [1.807, 2.05) is 0 Å². The first-order valence-corrected chi connectivity index (χ1v) is 7.34. The molecule has 0 amide bonds. The molecule has 1 heteroatoms. The van der Waals surface area contributed by atoms with Gasteiger partial charge in [-0.25, -0.2) is 0 Å². The van der Waals surface area contributed by atoms with Gasteiger partial charge in [-0.1, -0.05) is 17.7 Å². The summed E-state index contributed by atoms with van der Waals surface area (Å²) < 4.78 is 0. The third-order valence-corrected chi connectivity index (χ3v) is 4.59. The zero-order valence-corrected chi connectivity index (χ0v) is 12.3. The Bertz CT molecular complexity index is 377. The normalized spacial score (nSPS) is 24.2. The fourth-order valence-electron chi connectivity index (χ4n) is 3.48. The number of aryl methyl sites for hydroxylation is 3. The Morgan fingerprint density at radius 3 is 2.06 bits per heavy atom. The molecule has 0 aliphatic heterocycles. The maximum absolute atomic E-state index is 3.42. The second-order valence-corrected chi connectivity index (χ2v) is 6.09. The topological polar surface area (TPSA) is 12.0 Å². The quantitative estimate of drug-likeness (QED) is 0.850. The van der Waals surface area contributed by atoms with Gasteiger partial charge in [0, 0.05) is 6.04 Å². The number of rotatable bonds is 3. The lowest BCUT2D eigenvalue weighted by atomic mass is 9.80. The maximum Gasteiger partial charge on any atom is 0.00642 e. The Kier molecular flexibility index (Phi) is 4.45. The van der Waals surface area contributed by atoms with E-state index in [9.17, 15) is 0 Å². The third-order valence-electron chi connectivity index (χ3n) is 4.59. The molecule has 0 radical (unpaired) electrons. The predicted octanol–water partition coefficient (Wildman–Crippen LogP) is 3.93. The first kappa shape index (κ1) is 13.6. The lowest BCUT2D eigenvalue weighted by Gasteiger charge is -2.29. The maximum atomic E-state index is 3.42. The smallest absolute Gasteiger partial charge is 0.00642 e. The molecular weight excluding hydrogens is 218 g/mol. The van der Waals surface area contributed by atoms with Crippen molar-refractivity contribution in [3.63, 3.8) is 0 Å². The van der Waals surface area contributed by atoms with Crippen LogP contribution in [-0.4, -0.2) is 13.1 Å². The van der Waals surface area contributed by atoms with E-state index in [4.69, 9.17) is 0 Å². The molecule has 18 heavy (non-hydrogen) atoms. The van der Waals surface area contributed by atoms with E-state index in [0.717, 1.165) is 12.0 Å². The Morgan fingerprint density at radius 2 is 1.56 bits per heavy atom. The van der Waals surface area contributed by atoms with E-state index in [-0.39, 0.29) is 0 Å². The van der Waals surface area contributed by atoms with Crippen LogP contribution < -0.4 is 5.32 Å². The summed E-state index contributed by atoms with van der Waals surface area (Å²) >= 11 is 0. The van der Waals surface area contributed by atoms with Crippen molar-refractivity contribution in [1.82, 2.24) is 5.32 Å². The highest BCUT2D eigenvalue weighted by Crippen LogP contribution is 2.29. The predicted molar refractivity (Wildman–Crippen MR) is 79.2 cm³/mol. The van der Waals surface area contributed by atoms with Gasteiger partial charge in [0.25, 0.3) is 0 Å². The van der Waals surface area contributed by atoms with Crippen LogP contribution in [0, 0.1) is 26.7 Å². The van der Waals surface area contributed by atoms with E-state index in [2.05, 4.69) is 45.3 Å². The summed E-state index contributed by atoms with van der Waals surface area (Å²) in [4.78, 5) is 0. The summed E-state index contributed by atoms with van der Waals surface area (Å²) in [6.45, 7) is 6.74. The summed E-state index contributed by atoms with van der Waals surface area (Å²) in [5.41, 5.74) is 5.98. The third kappa shape index (κ3) is 3.14. The van der Waals surface area contributed by atoms with Crippen LogP contribution in [0.15, 0.2) is 12.1 Å². The van der Waals surface area contributed by atoms with Crippen molar-refractivity contribution in [3.8, 4) is 0 Å². The van der Waals surface area contributed by atoms with E-state index >= 15 is 0 Å². The summed E-state index contributed by atoms with van der Waals surface area (Å²) in [5, 5.41) is 3.42. The van der Waals surface area contributed by atoms with Crippen LogP contribution in [0.25, 0.3) is 0 Å². The molecule has 0 spiro atoms. The molecule has 1 nitrogen and oxygen atoms in total. The van der Waals surface area contributed by atoms with Crippen molar-refractivity contribution in [2.75, 3.05) is 7.05 Å². The Morgan fingerprint density at radius 1 is 1.00 bits per heavy atom. The van der Waals surface area contributed by atoms with Gasteiger partial charge in [0.05, 0.1) is 0 Å². The molecule has 0 heterocycles. The standard InChI is InChI=1S/C17H27N/c1-12-9-13(2)17(14(3)10-12)11-15-5-7-16(18-4)8-6-15/h9-10,15-16,18H,5-8,11H2,1-4H3. The van der Waals surface area contributed by atoms with Crippen LogP contribution >= 0.6 is 0 Å². The molecule has 0 atom stereocenters. The van der Waals surface area contributed by atoms with E-state index in [1.165, 1.54) is 48.8 Å². The average Bonchev–Trinajstić information content (AvgIpc) is 2.34. The molecule has 1 saturated carbocycles. The highest BCUT2D eigenvalue weighted by Gasteiger charge is 2.21. The van der Waals surface area contributed by atoms with Crippen LogP contribution in [0.5, 0.6) is 0 Å². The highest BCUT2D eigenvalue weighted by atomic mass is 14.9. The largest absolute Gasteiger partial charge is 0.317 e. The van der Waals surface area contributed by atoms with Crippen LogP contribution in [0.4, 0.5) is 0 Å². The molecule has 2 rings (SSSR count). The average molecular weight is 245 g/mol. The molecule has 1 N–H and O–H groups in total. The van der Waals surface area contributed by atoms with Crippen molar-refractivity contribution in [2.45, 2.75) is 58.9 Å². The highest BCUT2D eigenvalue weighted by molar-refractivity contribution is 5.37. The zero-order valence-electron chi connectivity index (χ0n) is 12.3. The van der Waals surface area contributed by atoms with Crippen LogP contribution in [-0.2, 0) is 6.42 Å². The van der Waals surface area contributed by atoms with Gasteiger partial charge in [0.1, 0.15) is 0 Å². The lowest BCUT2D eigenvalue weighted by molar-refractivity contribution is 0.300. The van der Waals surface area contributed by atoms with Crippen molar-refractivity contribution in [3.05, 3.63) is 34.4 Å². The van der Waals surface area contributed by atoms with Gasteiger partial charge < -0.3 is 5.32 Å². The molecule has 0 aromatic heterocycles. The first-order valence-electron chi connectivity index (χ1n) is 7.34. The minimum Gasteiger partial charge on any atom is -0.317 e. The van der Waals surface area contributed by atoms with Gasteiger partial charge in [0.2, 0.25) is 0 Å². The van der Waals surface area contributed by atoms with Gasteiger partial charge in [-0.15, -0.1) is 0 Å². The van der Waals surface area contributed by atoms with Crippen molar-refractivity contribution in [2.24, 2.45) is 5.92 Å². The number of nitrogens with one attached hydrogen (secondary N) is 1. The Hall–Kier alpha value is -0.820. The number of hydrogen-bond donors (Lipinski definition) is 1. The van der Waals surface area contributed by atoms with Gasteiger partial charge in [-0.05, 0) is 82.5 Å². The van der Waals surface area contributed by atoms with E-state index in [0.29, 0.717) is 0 Å². The Balaban J connectivity index is 2.02. The van der Waals surface area contributed by atoms with Crippen molar-refractivity contribution in [1.29, 1.82) is 0 Å². The number of hydrogen-bond acceptors (Lipinski definition) is 1. The second kappa shape index (κ2) is 5.88. The van der Waals surface area contributed by atoms with Gasteiger partial charge in [-0.3, -0.25) is 0 Å². The monoisotopic (exact) mass is 245 g/mol. The van der Waals surface area contributed by atoms with Crippen molar-refractivity contribution >= 4 is 0 Å². The summed E-state index contributed by atoms with van der Waals surface area (Å²) in [5.74, 6) is 0.898. The van der Waals surface area contributed by atoms with Crippen LogP contribution in [0.1, 0.15) is 47.9 Å². The van der Waals surface area contributed by atoms with E-state index < -0.39 is 0 Å². The van der Waals surface area contributed by atoms with Crippen molar-refractivity contribution < 1.29 is 0 Å². The molecule has 0 saturated heterocycles. The lowest BCUT2D eigenvalue weighted by Crippen LogP contribution is -2.30. The minimum atomic E-state index is 0.765. The van der Waals surface area contributed by atoms with E-state index in [1.54, 1.807) is 5.56 Å². The molecule has 1 aliphatic rings. The minimum absolute atomic E-state index is 0.765. The second-order valence-electron chi connectivity index (χ2n) is 6.09. The fourth-order valence-corrected chi connectivity index (χ4v) is 3.48. The summed E-state index contributed by atoms with van der Waals surface area (Å²) in [6.07, 6.45) is 6.77. The summed E-state index contributed by atoms with van der Waals surface area (Å²) in [6, 6.07) is 5.44. The SMILES string of the molecule is CNC1CCC(Cc2c(C)cc(C)cc2C)CC1. The van der Waals surface area contributed by atoms with Gasteiger partial charge in [0.15, 0.2) is 0 Å². The first-order chi connectivity index (χ1) is 8.60. The Labute approximate surface area is 112 Å². The molecule has 1 aliphatic carbocycles. The molecule has 0 unspecified atom stereocenters. The fraction of sp³-hybridized carbons (Fsp3) is 0.647. The van der Waals surface area contributed by atoms with Gasteiger partial charge >= 0.3 is 0 Å². The number of benzene rings is 1. The molecule has 1 aromatic carbocycles. The zero-order chi connectivity index (χ0) is 13.1. The molecular formula is C17H27N. The molecule has 0 bridgehead atoms. The molecule has 1 fully saturated rings. The van der Waals surface area contributed by atoms with Crippen LogP contribution in [0.2, 0.25) is 0 Å². The van der Waals surface area contributed by atoms with Gasteiger partial charge in [-0.2, -0.15) is 0 Å². The molecule has 1 aromatic rings. The van der Waals surface area contributed by atoms with Crippen LogP contribution in [0.3, 0.4) is 0 Å².